The summed E-state index contributed by atoms with van der Waals surface area (Å²) < 4.78 is 25.3. The number of likely N-dealkylation sites (tertiary alicyclic amines) is 1. The second-order valence-corrected chi connectivity index (χ2v) is 8.38. The van der Waals surface area contributed by atoms with Crippen LogP contribution in [0, 0.1) is 5.82 Å². The number of ether oxygens (including phenoxy) is 2. The van der Waals surface area contributed by atoms with Crippen LogP contribution in [0.1, 0.15) is 34.9 Å². The molecule has 2 aromatic rings. The van der Waals surface area contributed by atoms with Crippen LogP contribution in [0.4, 0.5) is 4.39 Å². The Balaban J connectivity index is 1.54. The van der Waals surface area contributed by atoms with Gasteiger partial charge >= 0.3 is 7.12 Å². The van der Waals surface area contributed by atoms with Gasteiger partial charge in [-0.05, 0) is 49.1 Å². The second-order valence-electron chi connectivity index (χ2n) is 8.38. The predicted octanol–water partition coefficient (Wildman–Crippen LogP) is -0.226. The molecule has 2 atom stereocenters. The van der Waals surface area contributed by atoms with E-state index in [0.29, 0.717) is 0 Å². The highest BCUT2D eigenvalue weighted by molar-refractivity contribution is 6.58. The zero-order valence-electron chi connectivity index (χ0n) is 18.4. The highest BCUT2D eigenvalue weighted by Gasteiger charge is 2.31. The van der Waals surface area contributed by atoms with E-state index in [-0.39, 0.29) is 47.8 Å². The zero-order valence-corrected chi connectivity index (χ0v) is 18.4. The summed E-state index contributed by atoms with van der Waals surface area (Å²) in [6, 6.07) is 7.03. The number of ketones is 1. The van der Waals surface area contributed by atoms with Crippen LogP contribution in [0.15, 0.2) is 36.4 Å². The number of rotatable bonds is 8. The minimum absolute atomic E-state index is 0.0195. The number of amides is 1. The molecule has 9 nitrogen and oxygen atoms in total. The Labute approximate surface area is 196 Å². The highest BCUT2D eigenvalue weighted by atomic mass is 19.1. The van der Waals surface area contributed by atoms with Gasteiger partial charge in [0.15, 0.2) is 17.3 Å². The number of nitrogens with zero attached hydrogens (tertiary/aromatic N) is 1. The fraction of sp³-hybridized carbons (Fsp3) is 0.391. The maximum atomic E-state index is 14.6. The molecule has 0 saturated carbocycles. The average molecular weight is 472 g/mol. The summed E-state index contributed by atoms with van der Waals surface area (Å²) in [4.78, 5) is 27.5. The number of halogens is 1. The van der Waals surface area contributed by atoms with Gasteiger partial charge in [-0.15, -0.1) is 0 Å². The van der Waals surface area contributed by atoms with Crippen LogP contribution in [-0.4, -0.2) is 77.8 Å². The van der Waals surface area contributed by atoms with Gasteiger partial charge in [0, 0.05) is 12.1 Å². The molecule has 1 fully saturated rings. The molecule has 2 heterocycles. The molecular weight excluding hydrogens is 446 g/mol. The number of Topliss-reactive ketones (excluding diaryl/α,β-unsaturated/α-hetero) is 1. The van der Waals surface area contributed by atoms with Crippen LogP contribution in [0.25, 0.3) is 0 Å². The van der Waals surface area contributed by atoms with Gasteiger partial charge in [-0.3, -0.25) is 9.59 Å². The van der Waals surface area contributed by atoms with Gasteiger partial charge in [0.1, 0.15) is 19.3 Å². The van der Waals surface area contributed by atoms with Crippen molar-refractivity contribution >= 4 is 24.3 Å². The van der Waals surface area contributed by atoms with E-state index < -0.39 is 36.8 Å². The summed E-state index contributed by atoms with van der Waals surface area (Å²) >= 11 is 0. The molecule has 1 amide bonds. The molecule has 180 valence electrons. The van der Waals surface area contributed by atoms with E-state index in [1.807, 2.05) is 0 Å². The normalized spacial score (nSPS) is 17.2. The number of benzene rings is 2. The number of aliphatic hydroxyl groups excluding tert-OH is 1. The lowest BCUT2D eigenvalue weighted by molar-refractivity contribution is -0.118. The van der Waals surface area contributed by atoms with Crippen molar-refractivity contribution in [1.29, 1.82) is 0 Å². The largest absolute Gasteiger partial charge is 0.488 e. The average Bonchev–Trinajstić information content (AvgIpc) is 3.36. The van der Waals surface area contributed by atoms with Crippen LogP contribution >= 0.6 is 0 Å². The van der Waals surface area contributed by atoms with Crippen LogP contribution in [0.5, 0.6) is 11.5 Å². The van der Waals surface area contributed by atoms with Gasteiger partial charge in [-0.2, -0.15) is 0 Å². The van der Waals surface area contributed by atoms with Crippen molar-refractivity contribution in [3.63, 3.8) is 0 Å². The SMILES string of the molecule is O=C(NC(CN1CCCC1)C(O)c1cc(F)c2c(c1)OCCO2)C(=O)c1ccc(B(O)O)cc1. The fourth-order valence-corrected chi connectivity index (χ4v) is 4.17. The molecule has 34 heavy (non-hydrogen) atoms. The summed E-state index contributed by atoms with van der Waals surface area (Å²) in [6.07, 6.45) is 0.657. The van der Waals surface area contributed by atoms with Gasteiger partial charge in [-0.25, -0.2) is 4.39 Å². The molecule has 2 aromatic carbocycles. The number of carbonyl (C=O) groups is 2. The molecular formula is C23H26BFN2O7. The maximum absolute atomic E-state index is 14.6. The standard InChI is InChI=1S/C23H26BFN2O7/c25-17-11-15(12-19-22(17)34-10-9-33-19)20(28)18(13-27-7-1-2-8-27)26-23(30)21(29)14-3-5-16(6-4-14)24(31)32/h3-6,11-12,18,20,28,31-32H,1-2,7-10,13H2,(H,26,30). The number of fused-ring (bicyclic) bond motifs is 1. The van der Waals surface area contributed by atoms with E-state index in [1.165, 1.54) is 30.3 Å². The second kappa shape index (κ2) is 10.5. The van der Waals surface area contributed by atoms with Crippen LogP contribution < -0.4 is 20.3 Å². The van der Waals surface area contributed by atoms with E-state index >= 15 is 0 Å². The molecule has 1 saturated heterocycles. The van der Waals surface area contributed by atoms with Crippen molar-refractivity contribution in [3.8, 4) is 11.5 Å². The summed E-state index contributed by atoms with van der Waals surface area (Å²) in [5.74, 6) is -2.30. The van der Waals surface area contributed by atoms with Gasteiger partial charge in [0.25, 0.3) is 5.91 Å². The van der Waals surface area contributed by atoms with E-state index in [2.05, 4.69) is 10.2 Å². The minimum Gasteiger partial charge on any atom is -0.486 e. The van der Waals surface area contributed by atoms with Crippen molar-refractivity contribution in [1.82, 2.24) is 10.2 Å². The number of nitrogens with one attached hydrogen (secondary N) is 1. The Hall–Kier alpha value is -2.99. The minimum atomic E-state index is -1.69. The van der Waals surface area contributed by atoms with E-state index in [1.54, 1.807) is 0 Å². The van der Waals surface area contributed by atoms with Crippen LogP contribution in [0.3, 0.4) is 0 Å². The molecule has 2 aliphatic rings. The lowest BCUT2D eigenvalue weighted by Crippen LogP contribution is -2.48. The Kier molecular flexibility index (Phi) is 7.47. The fourth-order valence-electron chi connectivity index (χ4n) is 4.17. The third-order valence-electron chi connectivity index (χ3n) is 5.99. The third-order valence-corrected chi connectivity index (χ3v) is 5.99. The molecule has 0 aromatic heterocycles. The highest BCUT2D eigenvalue weighted by Crippen LogP contribution is 2.36. The monoisotopic (exact) mass is 472 g/mol. The maximum Gasteiger partial charge on any atom is 0.488 e. The van der Waals surface area contributed by atoms with Crippen molar-refractivity contribution in [2.75, 3.05) is 32.8 Å². The molecule has 0 radical (unpaired) electrons. The van der Waals surface area contributed by atoms with E-state index in [9.17, 15) is 29.1 Å². The molecule has 0 aliphatic carbocycles. The molecule has 2 unspecified atom stereocenters. The van der Waals surface area contributed by atoms with Crippen molar-refractivity contribution in [2.24, 2.45) is 0 Å². The summed E-state index contributed by atoms with van der Waals surface area (Å²) in [6.45, 7) is 2.31. The summed E-state index contributed by atoms with van der Waals surface area (Å²) in [5.41, 5.74) is 0.432. The molecule has 0 spiro atoms. The van der Waals surface area contributed by atoms with Crippen molar-refractivity contribution in [2.45, 2.75) is 25.0 Å². The first kappa shape index (κ1) is 24.1. The molecule has 11 heteroatoms. The zero-order chi connectivity index (χ0) is 24.2. The van der Waals surface area contributed by atoms with Crippen molar-refractivity contribution in [3.05, 3.63) is 53.3 Å². The van der Waals surface area contributed by atoms with E-state index in [0.717, 1.165) is 32.0 Å². The Bertz CT molecular complexity index is 1040. The van der Waals surface area contributed by atoms with E-state index in [4.69, 9.17) is 9.47 Å². The van der Waals surface area contributed by atoms with Gasteiger partial charge in [0.2, 0.25) is 5.78 Å². The quantitative estimate of drug-likeness (QED) is 0.236. The number of hydrogen-bond donors (Lipinski definition) is 4. The lowest BCUT2D eigenvalue weighted by Gasteiger charge is -2.29. The van der Waals surface area contributed by atoms with Gasteiger partial charge in [0.05, 0.1) is 6.04 Å². The number of hydrogen-bond acceptors (Lipinski definition) is 8. The molecule has 2 aliphatic heterocycles. The predicted molar refractivity (Wildman–Crippen MR) is 121 cm³/mol. The topological polar surface area (TPSA) is 129 Å². The summed E-state index contributed by atoms with van der Waals surface area (Å²) in [5, 5.41) is 32.1. The smallest absolute Gasteiger partial charge is 0.486 e. The first-order valence-electron chi connectivity index (χ1n) is 11.1. The van der Waals surface area contributed by atoms with Gasteiger partial charge in [-0.1, -0.05) is 24.3 Å². The van der Waals surface area contributed by atoms with Gasteiger partial charge < -0.3 is 34.8 Å². The third kappa shape index (κ3) is 5.39. The number of carbonyl (C=O) groups excluding carboxylic acids is 2. The number of aliphatic hydroxyl groups is 1. The van der Waals surface area contributed by atoms with Crippen LogP contribution in [0.2, 0.25) is 0 Å². The first-order chi connectivity index (χ1) is 16.3. The Morgan fingerprint density at radius 2 is 1.76 bits per heavy atom. The molecule has 4 rings (SSSR count). The first-order valence-corrected chi connectivity index (χ1v) is 11.1. The van der Waals surface area contributed by atoms with Crippen molar-refractivity contribution < 1.29 is 38.6 Å². The Morgan fingerprint density at radius 3 is 2.44 bits per heavy atom. The summed E-state index contributed by atoms with van der Waals surface area (Å²) in [7, 11) is -1.69. The lowest BCUT2D eigenvalue weighted by atomic mass is 9.80. The molecule has 4 N–H and O–H groups in total. The van der Waals surface area contributed by atoms with Crippen LogP contribution in [-0.2, 0) is 4.79 Å². The molecule has 0 bridgehead atoms. The Morgan fingerprint density at radius 1 is 1.09 bits per heavy atom.